The maximum atomic E-state index is 2.58. The molecule has 0 saturated heterocycles. The maximum Gasteiger partial charge on any atom is 0.0775 e. The average Bonchev–Trinajstić information content (AvgIpc) is 2.88. The van der Waals surface area contributed by atoms with E-state index < -0.39 is 16.1 Å². The minimum atomic E-state index is -1.31. The molecular weight excluding hydrogens is 489 g/mol. The highest BCUT2D eigenvalue weighted by atomic mass is 28.3. The van der Waals surface area contributed by atoms with Crippen LogP contribution in [0.2, 0.25) is 39.3 Å². The first kappa shape index (κ1) is 30.6. The third kappa shape index (κ3) is 8.55. The van der Waals surface area contributed by atoms with Crippen LogP contribution in [0.5, 0.6) is 0 Å². The van der Waals surface area contributed by atoms with Crippen molar-refractivity contribution in [1.29, 1.82) is 0 Å². The molecule has 0 saturated carbocycles. The lowest BCUT2D eigenvalue weighted by atomic mass is 9.87. The van der Waals surface area contributed by atoms with Gasteiger partial charge in [0, 0.05) is 0 Å². The van der Waals surface area contributed by atoms with Gasteiger partial charge in [-0.15, -0.1) is 0 Å². The van der Waals surface area contributed by atoms with E-state index in [4.69, 9.17) is 0 Å². The summed E-state index contributed by atoms with van der Waals surface area (Å²) >= 11 is 0. The SMILES string of the molecule is CCCCCCc1cc(-c2ccc([Si](C)(C)C)cc2)c(CCCCCC)cc1-c1ccc([Si](C)(C)C)cc1. The molecule has 0 unspecified atom stereocenters. The Morgan fingerprint density at radius 1 is 0.447 bits per heavy atom. The van der Waals surface area contributed by atoms with Crippen molar-refractivity contribution in [2.45, 2.75) is 117 Å². The second-order valence-corrected chi connectivity index (χ2v) is 23.6. The number of rotatable bonds is 14. The smallest absolute Gasteiger partial charge is 0.0656 e. The summed E-state index contributed by atoms with van der Waals surface area (Å²) in [5.41, 5.74) is 8.79. The fraction of sp³-hybridized carbons (Fsp3) is 0.500. The van der Waals surface area contributed by atoms with Gasteiger partial charge in [-0.25, -0.2) is 0 Å². The Morgan fingerprint density at radius 2 is 0.789 bits per heavy atom. The van der Waals surface area contributed by atoms with Crippen molar-refractivity contribution >= 4 is 26.5 Å². The fourth-order valence-corrected chi connectivity index (χ4v) is 7.76. The van der Waals surface area contributed by atoms with Crippen LogP contribution in [-0.4, -0.2) is 16.1 Å². The molecule has 0 atom stereocenters. The van der Waals surface area contributed by atoms with Crippen molar-refractivity contribution in [1.82, 2.24) is 0 Å². The zero-order valence-electron chi connectivity index (χ0n) is 25.8. The monoisotopic (exact) mass is 542 g/mol. The summed E-state index contributed by atoms with van der Waals surface area (Å²) in [5, 5.41) is 3.09. The normalized spacial score (nSPS) is 12.2. The van der Waals surface area contributed by atoms with E-state index in [0.29, 0.717) is 0 Å². The summed E-state index contributed by atoms with van der Waals surface area (Å²) in [6, 6.07) is 24.4. The van der Waals surface area contributed by atoms with Gasteiger partial charge >= 0.3 is 0 Å². The molecule has 38 heavy (non-hydrogen) atoms. The molecule has 0 radical (unpaired) electrons. The van der Waals surface area contributed by atoms with Crippen molar-refractivity contribution in [2.24, 2.45) is 0 Å². The molecule has 2 heteroatoms. The van der Waals surface area contributed by atoms with E-state index in [0.717, 1.165) is 0 Å². The van der Waals surface area contributed by atoms with Gasteiger partial charge in [-0.1, -0.05) is 163 Å². The van der Waals surface area contributed by atoms with Crippen molar-refractivity contribution in [2.75, 3.05) is 0 Å². The van der Waals surface area contributed by atoms with Crippen LogP contribution in [-0.2, 0) is 12.8 Å². The molecule has 0 aliphatic heterocycles. The summed E-state index contributed by atoms with van der Waals surface area (Å²) in [5.74, 6) is 0. The summed E-state index contributed by atoms with van der Waals surface area (Å²) in [6.07, 6.45) is 12.8. The quantitative estimate of drug-likeness (QED) is 0.140. The van der Waals surface area contributed by atoms with Gasteiger partial charge < -0.3 is 0 Å². The van der Waals surface area contributed by atoms with Crippen LogP contribution >= 0.6 is 0 Å². The van der Waals surface area contributed by atoms with Crippen molar-refractivity contribution in [3.8, 4) is 22.3 Å². The number of benzene rings is 3. The number of aryl methyl sites for hydroxylation is 2. The predicted molar refractivity (Wildman–Crippen MR) is 179 cm³/mol. The van der Waals surface area contributed by atoms with E-state index >= 15 is 0 Å². The van der Waals surface area contributed by atoms with Gasteiger partial charge in [0.05, 0.1) is 16.1 Å². The molecule has 0 nitrogen and oxygen atoms in total. The fourth-order valence-electron chi connectivity index (χ4n) is 5.42. The first-order chi connectivity index (χ1) is 18.0. The molecule has 0 amide bonds. The lowest BCUT2D eigenvalue weighted by molar-refractivity contribution is 0.664. The third-order valence-corrected chi connectivity index (χ3v) is 12.2. The standard InChI is InChI=1S/C36H54Si2/c1-9-11-13-15-17-31-27-36(30-21-25-34(26-22-30)38(6,7)8)32(18-16-14-12-10-2)28-35(31)29-19-23-33(24-20-29)37(3,4)5/h19-28H,9-18H2,1-8H3. The van der Waals surface area contributed by atoms with E-state index in [1.54, 1.807) is 10.4 Å². The molecule has 0 heterocycles. The molecule has 0 fully saturated rings. The van der Waals surface area contributed by atoms with Crippen molar-refractivity contribution < 1.29 is 0 Å². The van der Waals surface area contributed by atoms with Crippen molar-refractivity contribution in [3.63, 3.8) is 0 Å². The number of unbranched alkanes of at least 4 members (excludes halogenated alkanes) is 6. The highest BCUT2D eigenvalue weighted by Crippen LogP contribution is 2.34. The molecule has 0 bridgehead atoms. The molecule has 0 N–H and O–H groups in total. The minimum Gasteiger partial charge on any atom is -0.0656 e. The van der Waals surface area contributed by atoms with Gasteiger partial charge in [0.25, 0.3) is 0 Å². The second kappa shape index (κ2) is 13.9. The van der Waals surface area contributed by atoms with Crippen molar-refractivity contribution in [3.05, 3.63) is 71.8 Å². The Kier molecular flexibility index (Phi) is 11.2. The predicted octanol–water partition coefficient (Wildman–Crippen LogP) is 10.4. The van der Waals surface area contributed by atoms with Crippen LogP contribution in [0.15, 0.2) is 60.7 Å². The lowest BCUT2D eigenvalue weighted by Crippen LogP contribution is -2.37. The molecule has 0 aromatic heterocycles. The molecule has 0 aliphatic rings. The van der Waals surface area contributed by atoms with Crippen LogP contribution in [0.3, 0.4) is 0 Å². The largest absolute Gasteiger partial charge is 0.0775 e. The van der Waals surface area contributed by atoms with E-state index in [2.05, 4.69) is 114 Å². The van der Waals surface area contributed by atoms with Gasteiger partial charge in [-0.3, -0.25) is 0 Å². The minimum absolute atomic E-state index is 1.17. The maximum absolute atomic E-state index is 2.58. The van der Waals surface area contributed by atoms with Crippen LogP contribution in [0, 0.1) is 0 Å². The van der Waals surface area contributed by atoms with Crippen LogP contribution < -0.4 is 10.4 Å². The lowest BCUT2D eigenvalue weighted by Gasteiger charge is -2.21. The van der Waals surface area contributed by atoms with E-state index in [-0.39, 0.29) is 0 Å². The molecule has 0 aliphatic carbocycles. The summed E-state index contributed by atoms with van der Waals surface area (Å²) < 4.78 is 0. The van der Waals surface area contributed by atoms with Crippen LogP contribution in [0.1, 0.15) is 76.3 Å². The molecule has 0 spiro atoms. The van der Waals surface area contributed by atoms with Gasteiger partial charge in [-0.2, -0.15) is 0 Å². The molecule has 3 aromatic carbocycles. The Bertz CT molecular complexity index is 1030. The Balaban J connectivity index is 2.09. The van der Waals surface area contributed by atoms with E-state index in [9.17, 15) is 0 Å². The zero-order valence-corrected chi connectivity index (χ0v) is 27.8. The third-order valence-electron chi connectivity index (χ3n) is 8.05. The number of hydrogen-bond donors (Lipinski definition) is 0. The highest BCUT2D eigenvalue weighted by molar-refractivity contribution is 6.89. The highest BCUT2D eigenvalue weighted by Gasteiger charge is 2.19. The Labute approximate surface area is 237 Å². The van der Waals surface area contributed by atoms with Gasteiger partial charge in [0.2, 0.25) is 0 Å². The molecule has 3 aromatic rings. The van der Waals surface area contributed by atoms with Gasteiger partial charge in [-0.05, 0) is 59.1 Å². The van der Waals surface area contributed by atoms with Crippen LogP contribution in [0.25, 0.3) is 22.3 Å². The van der Waals surface area contributed by atoms with E-state index in [1.165, 1.54) is 97.6 Å². The summed E-state index contributed by atoms with van der Waals surface area (Å²) in [7, 11) is -2.61. The Morgan fingerprint density at radius 3 is 1.08 bits per heavy atom. The first-order valence-electron chi connectivity index (χ1n) is 15.4. The van der Waals surface area contributed by atoms with Gasteiger partial charge in [0.1, 0.15) is 0 Å². The molecule has 206 valence electrons. The topological polar surface area (TPSA) is 0 Å². The average molecular weight is 543 g/mol. The summed E-state index contributed by atoms with van der Waals surface area (Å²) in [4.78, 5) is 0. The number of hydrogen-bond acceptors (Lipinski definition) is 0. The Hall–Kier alpha value is -1.91. The molecular formula is C36H54Si2. The first-order valence-corrected chi connectivity index (χ1v) is 22.4. The van der Waals surface area contributed by atoms with Gasteiger partial charge in [0.15, 0.2) is 0 Å². The van der Waals surface area contributed by atoms with Crippen LogP contribution in [0.4, 0.5) is 0 Å². The molecule has 3 rings (SSSR count). The summed E-state index contributed by atoms with van der Waals surface area (Å²) in [6.45, 7) is 19.3. The van der Waals surface area contributed by atoms with E-state index in [1.807, 2.05) is 0 Å². The zero-order chi connectivity index (χ0) is 27.8. The second-order valence-electron chi connectivity index (χ2n) is 13.4.